The predicted octanol–water partition coefficient (Wildman–Crippen LogP) is 2.95. The maximum absolute atomic E-state index is 10.8. The molecule has 23 heavy (non-hydrogen) atoms. The highest BCUT2D eigenvalue weighted by atomic mass is 32.1. The smallest absolute Gasteiger partial charge is 0.324 e. The molecular formula is C16H16N4O2S. The van der Waals surface area contributed by atoms with Crippen molar-refractivity contribution in [1.82, 2.24) is 4.90 Å². The standard InChI is InChI=1S/C16H16N4O2S/c1-18-6-8-19(9-7-18)13-2-3-14(12(10-13)11-17)15-4-5-16(23-15)20(21)22/h2-5,10H,6-9H2,1H3. The van der Waals surface area contributed by atoms with E-state index < -0.39 is 4.92 Å². The molecule has 0 atom stereocenters. The molecule has 1 fully saturated rings. The summed E-state index contributed by atoms with van der Waals surface area (Å²) in [5.41, 5.74) is 2.34. The first kappa shape index (κ1) is 15.5. The average Bonchev–Trinajstić information content (AvgIpc) is 3.05. The summed E-state index contributed by atoms with van der Waals surface area (Å²) in [5.74, 6) is 0. The molecule has 6 nitrogen and oxygen atoms in total. The summed E-state index contributed by atoms with van der Waals surface area (Å²) in [6.07, 6.45) is 0. The Morgan fingerprint density at radius 1 is 1.22 bits per heavy atom. The minimum atomic E-state index is -0.404. The van der Waals surface area contributed by atoms with Gasteiger partial charge in [-0.2, -0.15) is 5.26 Å². The Bertz CT molecular complexity index is 773. The molecule has 0 bridgehead atoms. The summed E-state index contributed by atoms with van der Waals surface area (Å²) in [5, 5.41) is 20.4. The van der Waals surface area contributed by atoms with E-state index in [1.54, 1.807) is 6.07 Å². The highest BCUT2D eigenvalue weighted by Gasteiger charge is 2.18. The number of rotatable bonds is 3. The molecule has 1 aliphatic heterocycles. The van der Waals surface area contributed by atoms with Gasteiger partial charge in [-0.25, -0.2) is 0 Å². The number of likely N-dealkylation sites (N-methyl/N-ethyl adjacent to an activating group) is 1. The van der Waals surface area contributed by atoms with Gasteiger partial charge < -0.3 is 9.80 Å². The molecule has 7 heteroatoms. The number of nitro groups is 1. The monoisotopic (exact) mass is 328 g/mol. The number of benzene rings is 1. The van der Waals surface area contributed by atoms with Crippen molar-refractivity contribution in [3.05, 3.63) is 46.0 Å². The number of nitrogens with zero attached hydrogens (tertiary/aromatic N) is 4. The van der Waals surface area contributed by atoms with Crippen molar-refractivity contribution in [2.75, 3.05) is 38.1 Å². The maximum atomic E-state index is 10.8. The van der Waals surface area contributed by atoms with Crippen LogP contribution in [0.3, 0.4) is 0 Å². The molecule has 1 aromatic heterocycles. The molecule has 0 amide bonds. The van der Waals surface area contributed by atoms with Crippen LogP contribution in [0.25, 0.3) is 10.4 Å². The average molecular weight is 328 g/mol. The minimum absolute atomic E-state index is 0.0898. The van der Waals surface area contributed by atoms with E-state index in [2.05, 4.69) is 22.9 Å². The molecule has 0 radical (unpaired) electrons. The van der Waals surface area contributed by atoms with Crippen LogP contribution in [0.5, 0.6) is 0 Å². The number of nitriles is 1. The highest BCUT2D eigenvalue weighted by molar-refractivity contribution is 7.18. The van der Waals surface area contributed by atoms with Gasteiger partial charge in [-0.15, -0.1) is 0 Å². The van der Waals surface area contributed by atoms with Crippen LogP contribution in [0, 0.1) is 21.4 Å². The summed E-state index contributed by atoms with van der Waals surface area (Å²) in [6.45, 7) is 3.87. The zero-order valence-corrected chi connectivity index (χ0v) is 13.5. The quantitative estimate of drug-likeness (QED) is 0.640. The largest absolute Gasteiger partial charge is 0.369 e. The van der Waals surface area contributed by atoms with E-state index in [0.717, 1.165) is 53.6 Å². The normalized spacial score (nSPS) is 15.4. The van der Waals surface area contributed by atoms with Gasteiger partial charge in [0.15, 0.2) is 0 Å². The topological polar surface area (TPSA) is 73.4 Å². The third-order valence-corrected chi connectivity index (χ3v) is 5.10. The molecule has 1 aliphatic rings. The summed E-state index contributed by atoms with van der Waals surface area (Å²) < 4.78 is 0. The molecule has 1 saturated heterocycles. The van der Waals surface area contributed by atoms with Crippen molar-refractivity contribution in [2.45, 2.75) is 0 Å². The van der Waals surface area contributed by atoms with Crippen molar-refractivity contribution >= 4 is 22.0 Å². The number of anilines is 1. The second-order valence-electron chi connectivity index (χ2n) is 5.53. The Hall–Kier alpha value is -2.43. The van der Waals surface area contributed by atoms with Gasteiger partial charge in [-0.1, -0.05) is 17.4 Å². The molecule has 0 aliphatic carbocycles. The molecule has 0 unspecified atom stereocenters. The van der Waals surface area contributed by atoms with E-state index in [0.29, 0.717) is 5.56 Å². The van der Waals surface area contributed by atoms with Gasteiger partial charge in [0.05, 0.1) is 16.6 Å². The highest BCUT2D eigenvalue weighted by Crippen LogP contribution is 2.35. The van der Waals surface area contributed by atoms with Gasteiger partial charge in [0.1, 0.15) is 0 Å². The first-order chi connectivity index (χ1) is 11.1. The lowest BCUT2D eigenvalue weighted by Crippen LogP contribution is -2.44. The van der Waals surface area contributed by atoms with Crippen LogP contribution in [0.1, 0.15) is 5.56 Å². The van der Waals surface area contributed by atoms with Crippen LogP contribution in [0.2, 0.25) is 0 Å². The molecule has 0 spiro atoms. The van der Waals surface area contributed by atoms with E-state index in [1.165, 1.54) is 6.07 Å². The third-order valence-electron chi connectivity index (χ3n) is 4.03. The van der Waals surface area contributed by atoms with Crippen molar-refractivity contribution in [3.63, 3.8) is 0 Å². The molecule has 118 valence electrons. The van der Waals surface area contributed by atoms with Crippen LogP contribution in [-0.2, 0) is 0 Å². The lowest BCUT2D eigenvalue weighted by atomic mass is 10.1. The lowest BCUT2D eigenvalue weighted by Gasteiger charge is -2.34. The van der Waals surface area contributed by atoms with Crippen LogP contribution >= 0.6 is 11.3 Å². The predicted molar refractivity (Wildman–Crippen MR) is 90.8 cm³/mol. The van der Waals surface area contributed by atoms with Gasteiger partial charge in [-0.3, -0.25) is 10.1 Å². The fraction of sp³-hybridized carbons (Fsp3) is 0.312. The third kappa shape index (κ3) is 3.18. The van der Waals surface area contributed by atoms with Gasteiger partial charge in [-0.05, 0) is 25.2 Å². The zero-order chi connectivity index (χ0) is 16.4. The number of thiophene rings is 1. The molecule has 2 aromatic rings. The van der Waals surface area contributed by atoms with Gasteiger partial charge in [0.2, 0.25) is 0 Å². The van der Waals surface area contributed by atoms with Crippen LogP contribution in [-0.4, -0.2) is 43.0 Å². The SMILES string of the molecule is CN1CCN(c2ccc(-c3ccc([N+](=O)[O-])s3)c(C#N)c2)CC1. The molecular weight excluding hydrogens is 312 g/mol. The number of hydrogen-bond donors (Lipinski definition) is 0. The molecule has 1 aromatic carbocycles. The molecule has 0 N–H and O–H groups in total. The van der Waals surface area contributed by atoms with Crippen LogP contribution in [0.15, 0.2) is 30.3 Å². The second-order valence-corrected chi connectivity index (χ2v) is 6.59. The van der Waals surface area contributed by atoms with Gasteiger partial charge in [0.25, 0.3) is 0 Å². The van der Waals surface area contributed by atoms with E-state index >= 15 is 0 Å². The van der Waals surface area contributed by atoms with Gasteiger partial charge in [0, 0.05) is 48.4 Å². The lowest BCUT2D eigenvalue weighted by molar-refractivity contribution is -0.380. The Balaban J connectivity index is 1.90. The Morgan fingerprint density at radius 3 is 2.57 bits per heavy atom. The van der Waals surface area contributed by atoms with Gasteiger partial charge >= 0.3 is 5.00 Å². The maximum Gasteiger partial charge on any atom is 0.324 e. The molecule has 2 heterocycles. The summed E-state index contributed by atoms with van der Waals surface area (Å²) >= 11 is 1.09. The Labute approximate surface area is 138 Å². The minimum Gasteiger partial charge on any atom is -0.369 e. The summed E-state index contributed by atoms with van der Waals surface area (Å²) in [6, 6.07) is 11.2. The van der Waals surface area contributed by atoms with Crippen molar-refractivity contribution < 1.29 is 4.92 Å². The van der Waals surface area contributed by atoms with E-state index in [9.17, 15) is 15.4 Å². The van der Waals surface area contributed by atoms with E-state index in [4.69, 9.17) is 0 Å². The Morgan fingerprint density at radius 2 is 1.96 bits per heavy atom. The van der Waals surface area contributed by atoms with E-state index in [1.807, 2.05) is 18.2 Å². The summed E-state index contributed by atoms with van der Waals surface area (Å²) in [7, 11) is 2.10. The number of hydrogen-bond acceptors (Lipinski definition) is 6. The van der Waals surface area contributed by atoms with E-state index in [-0.39, 0.29) is 5.00 Å². The second kappa shape index (κ2) is 6.36. The van der Waals surface area contributed by atoms with Crippen LogP contribution < -0.4 is 4.90 Å². The first-order valence-electron chi connectivity index (χ1n) is 7.31. The van der Waals surface area contributed by atoms with Crippen molar-refractivity contribution in [2.24, 2.45) is 0 Å². The molecule has 3 rings (SSSR count). The van der Waals surface area contributed by atoms with Crippen molar-refractivity contribution in [3.8, 4) is 16.5 Å². The fourth-order valence-electron chi connectivity index (χ4n) is 2.67. The fourth-order valence-corrected chi connectivity index (χ4v) is 3.53. The Kier molecular flexibility index (Phi) is 4.28. The zero-order valence-electron chi connectivity index (χ0n) is 12.7. The van der Waals surface area contributed by atoms with Crippen molar-refractivity contribution in [1.29, 1.82) is 5.26 Å². The van der Waals surface area contributed by atoms with Crippen LogP contribution in [0.4, 0.5) is 10.7 Å². The summed E-state index contributed by atoms with van der Waals surface area (Å²) in [4.78, 5) is 15.7. The first-order valence-corrected chi connectivity index (χ1v) is 8.12. The number of piperazine rings is 1. The molecule has 0 saturated carbocycles.